The lowest BCUT2D eigenvalue weighted by atomic mass is 9.98. The van der Waals surface area contributed by atoms with Gasteiger partial charge in [0.25, 0.3) is 0 Å². The van der Waals surface area contributed by atoms with E-state index in [1.54, 1.807) is 36.4 Å². The van der Waals surface area contributed by atoms with Gasteiger partial charge in [-0.3, -0.25) is 9.59 Å². The minimum atomic E-state index is -1.08. The number of aromatic carboxylic acids is 1. The van der Waals surface area contributed by atoms with Gasteiger partial charge in [-0.1, -0.05) is 30.3 Å². The van der Waals surface area contributed by atoms with Crippen molar-refractivity contribution in [3.8, 4) is 55.7 Å². The van der Waals surface area contributed by atoms with Crippen molar-refractivity contribution in [3.63, 3.8) is 0 Å². The van der Waals surface area contributed by atoms with E-state index in [0.717, 1.165) is 0 Å². The quantitative estimate of drug-likeness (QED) is 0.122. The molecule has 0 amide bonds. The molecule has 0 unspecified atom stereocenters. The Labute approximate surface area is 295 Å². The normalized spacial score (nSPS) is 11.2. The van der Waals surface area contributed by atoms with E-state index >= 15 is 0 Å². The van der Waals surface area contributed by atoms with E-state index in [1.165, 1.54) is 71.2 Å². The second-order valence-corrected chi connectivity index (χ2v) is 13.2. The van der Waals surface area contributed by atoms with E-state index in [0.29, 0.717) is 44.0 Å². The van der Waals surface area contributed by atoms with Crippen LogP contribution in [0.1, 0.15) is 20.7 Å². The maximum atomic E-state index is 13.9. The first-order valence-electron chi connectivity index (χ1n) is 15.4. The molecule has 11 heteroatoms. The summed E-state index contributed by atoms with van der Waals surface area (Å²) in [5.74, 6) is -0.976. The van der Waals surface area contributed by atoms with Crippen molar-refractivity contribution < 1.29 is 33.4 Å². The number of phenols is 1. The molecule has 0 saturated heterocycles. The molecule has 0 saturated carbocycles. The van der Waals surface area contributed by atoms with Crippen LogP contribution < -0.4 is 15.6 Å². The van der Waals surface area contributed by atoms with E-state index in [2.05, 4.69) is 0 Å². The molecule has 0 spiro atoms. The number of ether oxygens (including phenoxy) is 1. The zero-order valence-electron chi connectivity index (χ0n) is 26.1. The number of carboxylic acid groups (broad SMARTS) is 1. The number of aromatic hydroxyl groups is 1. The molecule has 0 radical (unpaired) electrons. The van der Waals surface area contributed by atoms with Crippen LogP contribution in [0.15, 0.2) is 138 Å². The first kappa shape index (κ1) is 31.7. The van der Waals surface area contributed by atoms with Crippen LogP contribution in [0.5, 0.6) is 11.5 Å². The molecule has 8 rings (SSSR count). The molecule has 0 aliphatic carbocycles. The number of carboxylic acids is 1. The van der Waals surface area contributed by atoms with Crippen LogP contribution in [-0.2, 0) is 0 Å². The number of thiophene rings is 2. The predicted molar refractivity (Wildman–Crippen MR) is 196 cm³/mol. The third-order valence-corrected chi connectivity index (χ3v) is 9.86. The highest BCUT2D eigenvalue weighted by Crippen LogP contribution is 2.37. The van der Waals surface area contributed by atoms with Gasteiger partial charge in [-0.2, -0.15) is 11.3 Å². The molecule has 2 N–H and O–H groups in total. The molecule has 8 aromatic rings. The van der Waals surface area contributed by atoms with E-state index in [9.17, 15) is 29.4 Å². The van der Waals surface area contributed by atoms with Crippen molar-refractivity contribution in [1.29, 1.82) is 0 Å². The topological polar surface area (TPSA) is 144 Å². The average Bonchev–Trinajstić information content (AvgIpc) is 3.87. The van der Waals surface area contributed by atoms with Gasteiger partial charge in [0.05, 0.1) is 37.9 Å². The maximum absolute atomic E-state index is 13.9. The van der Waals surface area contributed by atoms with Gasteiger partial charge in [-0.05, 0) is 82.6 Å². The van der Waals surface area contributed by atoms with Crippen LogP contribution in [-0.4, -0.2) is 22.2 Å². The number of hydrogen-bond acceptors (Lipinski definition) is 10. The SMILES string of the molecule is O=C(O)c1ccc(-c2c(-c3cccs3)oc3cc(OC(=O)c4ccc(-c5c(-c6ccsc6)oc6cc(O)ccc6c5=O)cc4)ccc3c2=O)cc1. The van der Waals surface area contributed by atoms with Gasteiger partial charge in [-0.15, -0.1) is 11.3 Å². The number of phenolic OH excluding ortho intramolecular Hbond substituents is 1. The number of hydrogen-bond donors (Lipinski definition) is 2. The van der Waals surface area contributed by atoms with Crippen LogP contribution in [0.4, 0.5) is 0 Å². The summed E-state index contributed by atoms with van der Waals surface area (Å²) in [4.78, 5) is 53.0. The number of carbonyl (C=O) groups excluding carboxylic acids is 1. The second kappa shape index (κ2) is 12.7. The summed E-state index contributed by atoms with van der Waals surface area (Å²) >= 11 is 2.82. The second-order valence-electron chi connectivity index (χ2n) is 11.4. The Morgan fingerprint density at radius 2 is 1.27 bits per heavy atom. The number of carbonyl (C=O) groups is 2. The van der Waals surface area contributed by atoms with Gasteiger partial charge in [0.2, 0.25) is 10.9 Å². The number of esters is 1. The van der Waals surface area contributed by atoms with Crippen LogP contribution in [0.2, 0.25) is 0 Å². The molecule has 51 heavy (non-hydrogen) atoms. The molecular formula is C40H22O9S2. The molecule has 4 aromatic heterocycles. The Morgan fingerprint density at radius 3 is 1.90 bits per heavy atom. The molecule has 0 aliphatic rings. The molecule has 9 nitrogen and oxygen atoms in total. The van der Waals surface area contributed by atoms with E-state index in [-0.39, 0.29) is 55.6 Å². The lowest BCUT2D eigenvalue weighted by Gasteiger charge is -2.11. The fourth-order valence-electron chi connectivity index (χ4n) is 5.84. The van der Waals surface area contributed by atoms with Gasteiger partial charge >= 0.3 is 11.9 Å². The lowest BCUT2D eigenvalue weighted by Crippen LogP contribution is -2.10. The standard InChI is InChI=1S/C40H22O9S2/c41-26-11-13-28-30(18-26)48-37(25-15-17-50-20-25)33(35(28)42)21-5-9-24(10-6-21)40(46)47-27-12-14-29-31(19-27)49-38(32-2-1-16-51-32)34(36(29)43)22-3-7-23(8-4-22)39(44)45/h1-20,41H,(H,44,45). The molecule has 0 fully saturated rings. The van der Waals surface area contributed by atoms with E-state index in [4.69, 9.17) is 13.6 Å². The van der Waals surface area contributed by atoms with Crippen molar-refractivity contribution in [1.82, 2.24) is 0 Å². The Kier molecular flexibility index (Phi) is 7.90. The smallest absolute Gasteiger partial charge is 0.343 e. The minimum absolute atomic E-state index is 0.0245. The third kappa shape index (κ3) is 5.80. The van der Waals surface area contributed by atoms with Crippen LogP contribution in [0, 0.1) is 0 Å². The highest BCUT2D eigenvalue weighted by atomic mass is 32.1. The minimum Gasteiger partial charge on any atom is -0.508 e. The molecular weight excluding hydrogens is 689 g/mol. The Morgan fingerprint density at radius 1 is 0.647 bits per heavy atom. The molecule has 0 aliphatic heterocycles. The zero-order valence-corrected chi connectivity index (χ0v) is 27.7. The molecule has 248 valence electrons. The molecule has 0 bridgehead atoms. The van der Waals surface area contributed by atoms with E-state index < -0.39 is 11.9 Å². The fourth-order valence-corrected chi connectivity index (χ4v) is 7.19. The van der Waals surface area contributed by atoms with Gasteiger partial charge in [-0.25, -0.2) is 9.59 Å². The number of benzene rings is 4. The maximum Gasteiger partial charge on any atom is 0.343 e. The first-order chi connectivity index (χ1) is 24.7. The Bertz CT molecular complexity index is 2740. The molecule has 4 aromatic carbocycles. The monoisotopic (exact) mass is 710 g/mol. The Balaban J connectivity index is 1.13. The van der Waals surface area contributed by atoms with E-state index in [1.807, 2.05) is 34.3 Å². The highest BCUT2D eigenvalue weighted by molar-refractivity contribution is 7.13. The summed E-state index contributed by atoms with van der Waals surface area (Å²) in [6.07, 6.45) is 0. The van der Waals surface area contributed by atoms with Gasteiger partial charge < -0.3 is 23.8 Å². The zero-order chi connectivity index (χ0) is 35.2. The first-order valence-corrected chi connectivity index (χ1v) is 17.2. The van der Waals surface area contributed by atoms with Crippen LogP contribution >= 0.6 is 22.7 Å². The number of rotatable bonds is 7. The molecule has 0 atom stereocenters. The van der Waals surface area contributed by atoms with Crippen LogP contribution in [0.25, 0.3) is 66.2 Å². The predicted octanol–water partition coefficient (Wildman–Crippen LogP) is 9.31. The van der Waals surface area contributed by atoms with Crippen molar-refractivity contribution in [2.45, 2.75) is 0 Å². The molecule has 4 heterocycles. The fraction of sp³-hybridized carbons (Fsp3) is 0. The van der Waals surface area contributed by atoms with Crippen LogP contribution in [0.3, 0.4) is 0 Å². The van der Waals surface area contributed by atoms with Gasteiger partial charge in [0.1, 0.15) is 28.4 Å². The van der Waals surface area contributed by atoms with Crippen molar-refractivity contribution in [2.75, 3.05) is 0 Å². The summed E-state index contributed by atoms with van der Waals surface area (Å²) in [5, 5.41) is 25.4. The summed E-state index contributed by atoms with van der Waals surface area (Å²) in [6.45, 7) is 0. The van der Waals surface area contributed by atoms with Gasteiger partial charge in [0, 0.05) is 23.1 Å². The van der Waals surface area contributed by atoms with Crippen molar-refractivity contribution in [3.05, 3.63) is 151 Å². The van der Waals surface area contributed by atoms with Crippen molar-refractivity contribution in [2.24, 2.45) is 0 Å². The number of fused-ring (bicyclic) bond motifs is 2. The lowest BCUT2D eigenvalue weighted by molar-refractivity contribution is 0.0694. The summed E-state index contributed by atoms with van der Waals surface area (Å²) in [6, 6.07) is 26.7. The summed E-state index contributed by atoms with van der Waals surface area (Å²) in [7, 11) is 0. The van der Waals surface area contributed by atoms with Gasteiger partial charge in [0.15, 0.2) is 5.76 Å². The summed E-state index contributed by atoms with van der Waals surface area (Å²) in [5.41, 5.74) is 2.48. The third-order valence-electron chi connectivity index (χ3n) is 8.31. The average molecular weight is 711 g/mol. The summed E-state index contributed by atoms with van der Waals surface area (Å²) < 4.78 is 18.1. The Hall–Kier alpha value is -6.56. The highest BCUT2D eigenvalue weighted by Gasteiger charge is 2.22. The largest absolute Gasteiger partial charge is 0.508 e. The van der Waals surface area contributed by atoms with Crippen molar-refractivity contribution >= 4 is 56.6 Å².